The lowest BCUT2D eigenvalue weighted by atomic mass is 10.1. The van der Waals surface area contributed by atoms with Gasteiger partial charge in [-0.1, -0.05) is 6.07 Å². The molecule has 28 heavy (non-hydrogen) atoms. The number of benzene rings is 2. The molecule has 0 aliphatic carbocycles. The average molecular weight is 386 g/mol. The summed E-state index contributed by atoms with van der Waals surface area (Å²) in [6.45, 7) is 3.43. The topological polar surface area (TPSA) is 80.6 Å². The molecule has 0 radical (unpaired) electrons. The molecule has 1 N–H and O–H groups in total. The molecule has 0 saturated carbocycles. The first-order valence-corrected chi connectivity index (χ1v) is 9.03. The van der Waals surface area contributed by atoms with Crippen LogP contribution in [-0.2, 0) is 11.2 Å². The highest BCUT2D eigenvalue weighted by Crippen LogP contribution is 2.28. The van der Waals surface area contributed by atoms with E-state index < -0.39 is 0 Å². The van der Waals surface area contributed by atoms with Gasteiger partial charge in [-0.05, 0) is 55.3 Å². The van der Waals surface area contributed by atoms with E-state index in [0.29, 0.717) is 50.0 Å². The molecule has 0 aromatic heterocycles. The minimum atomic E-state index is -0.310. The molecule has 2 rings (SSSR count). The van der Waals surface area contributed by atoms with E-state index in [1.54, 1.807) is 12.1 Å². The molecule has 1 amide bonds. The Labute approximate surface area is 163 Å². The van der Waals surface area contributed by atoms with Gasteiger partial charge in [0.2, 0.25) is 5.91 Å². The number of halogens is 1. The maximum Gasteiger partial charge on any atom is 0.234 e. The van der Waals surface area contributed by atoms with Gasteiger partial charge in [-0.15, -0.1) is 0 Å². The van der Waals surface area contributed by atoms with Crippen LogP contribution in [0.4, 0.5) is 4.39 Å². The molecule has 148 valence electrons. The summed E-state index contributed by atoms with van der Waals surface area (Å²) in [4.78, 5) is 11.3. The number of nitrogens with zero attached hydrogens (tertiary/aromatic N) is 1. The second kappa shape index (κ2) is 11.4. The molecule has 0 spiro atoms. The van der Waals surface area contributed by atoms with Crippen molar-refractivity contribution in [2.75, 3.05) is 26.4 Å². The van der Waals surface area contributed by atoms with E-state index in [0.717, 1.165) is 5.56 Å². The lowest BCUT2D eigenvalue weighted by Gasteiger charge is -2.14. The van der Waals surface area contributed by atoms with Crippen molar-refractivity contribution in [1.29, 1.82) is 5.26 Å². The number of hydrogen-bond acceptors (Lipinski definition) is 5. The Bertz CT molecular complexity index is 803. The van der Waals surface area contributed by atoms with Crippen LogP contribution < -0.4 is 19.5 Å². The van der Waals surface area contributed by atoms with E-state index in [4.69, 9.17) is 19.5 Å². The summed E-state index contributed by atoms with van der Waals surface area (Å²) in [5, 5.41) is 11.2. The van der Waals surface area contributed by atoms with E-state index in [2.05, 4.69) is 5.32 Å². The molecule has 0 bridgehead atoms. The van der Waals surface area contributed by atoms with Gasteiger partial charge in [0.05, 0.1) is 12.7 Å². The third-order valence-corrected chi connectivity index (χ3v) is 3.71. The highest BCUT2D eigenvalue weighted by Gasteiger charge is 2.08. The van der Waals surface area contributed by atoms with E-state index in [9.17, 15) is 9.18 Å². The van der Waals surface area contributed by atoms with Crippen LogP contribution in [-0.4, -0.2) is 32.3 Å². The number of amides is 1. The van der Waals surface area contributed by atoms with Crippen molar-refractivity contribution in [2.45, 2.75) is 19.8 Å². The van der Waals surface area contributed by atoms with Crippen LogP contribution in [0.15, 0.2) is 42.5 Å². The van der Waals surface area contributed by atoms with Gasteiger partial charge in [0.15, 0.2) is 11.5 Å². The lowest BCUT2D eigenvalue weighted by molar-refractivity contribution is -0.120. The van der Waals surface area contributed by atoms with Crippen molar-refractivity contribution in [1.82, 2.24) is 5.32 Å². The highest BCUT2D eigenvalue weighted by molar-refractivity contribution is 5.77. The van der Waals surface area contributed by atoms with Crippen LogP contribution >= 0.6 is 0 Å². The molecule has 0 aliphatic rings. The van der Waals surface area contributed by atoms with Crippen molar-refractivity contribution >= 4 is 5.91 Å². The van der Waals surface area contributed by atoms with Crippen LogP contribution in [0.25, 0.3) is 0 Å². The molecule has 2 aromatic rings. The van der Waals surface area contributed by atoms with Gasteiger partial charge in [-0.25, -0.2) is 4.39 Å². The van der Waals surface area contributed by atoms with Crippen molar-refractivity contribution in [2.24, 2.45) is 0 Å². The van der Waals surface area contributed by atoms with Gasteiger partial charge < -0.3 is 19.5 Å². The Balaban J connectivity index is 1.84. The van der Waals surface area contributed by atoms with E-state index in [-0.39, 0.29) is 18.1 Å². The number of nitriles is 1. The molecule has 0 heterocycles. The van der Waals surface area contributed by atoms with E-state index in [1.165, 1.54) is 12.1 Å². The zero-order valence-electron chi connectivity index (χ0n) is 15.7. The highest BCUT2D eigenvalue weighted by atomic mass is 19.1. The summed E-state index contributed by atoms with van der Waals surface area (Å²) < 4.78 is 29.7. The monoisotopic (exact) mass is 386 g/mol. The molecule has 0 saturated heterocycles. The second-order valence-electron chi connectivity index (χ2n) is 5.80. The van der Waals surface area contributed by atoms with Crippen molar-refractivity contribution in [3.63, 3.8) is 0 Å². The third-order valence-electron chi connectivity index (χ3n) is 3.71. The fourth-order valence-electron chi connectivity index (χ4n) is 2.42. The van der Waals surface area contributed by atoms with Crippen LogP contribution in [0.1, 0.15) is 18.9 Å². The quantitative estimate of drug-likeness (QED) is 0.600. The molecule has 7 heteroatoms. The second-order valence-corrected chi connectivity index (χ2v) is 5.80. The maximum atomic E-state index is 12.9. The summed E-state index contributed by atoms with van der Waals surface area (Å²) in [5.41, 5.74) is 0.982. The summed E-state index contributed by atoms with van der Waals surface area (Å²) in [6.07, 6.45) is 0.474. The number of rotatable bonds is 11. The minimum absolute atomic E-state index is 0.142. The predicted octanol–water partition coefficient (Wildman–Crippen LogP) is 3.25. The fraction of sp³-hybridized carbons (Fsp3) is 0.333. The summed E-state index contributed by atoms with van der Waals surface area (Å²) in [7, 11) is 0. The molecular formula is C21H23FN2O4. The summed E-state index contributed by atoms with van der Waals surface area (Å²) >= 11 is 0. The lowest BCUT2D eigenvalue weighted by Crippen LogP contribution is -2.24. The van der Waals surface area contributed by atoms with Crippen LogP contribution in [0.3, 0.4) is 0 Å². The van der Waals surface area contributed by atoms with Gasteiger partial charge >= 0.3 is 0 Å². The van der Waals surface area contributed by atoms with Gasteiger partial charge in [-0.3, -0.25) is 4.79 Å². The van der Waals surface area contributed by atoms with Gasteiger partial charge in [0, 0.05) is 6.54 Å². The SMILES string of the molecule is CCOc1cc(CCNC(=O)CC#N)ccc1OCCOc1ccc(F)cc1. The average Bonchev–Trinajstić information content (AvgIpc) is 2.68. The van der Waals surface area contributed by atoms with Gasteiger partial charge in [-0.2, -0.15) is 5.26 Å². The molecule has 2 aromatic carbocycles. The van der Waals surface area contributed by atoms with Gasteiger partial charge in [0.25, 0.3) is 0 Å². The Morgan fingerprint density at radius 2 is 1.82 bits per heavy atom. The first kappa shape index (κ1) is 21.0. The normalized spacial score (nSPS) is 10.0. The number of nitrogens with one attached hydrogen (secondary N) is 1. The third kappa shape index (κ3) is 7.16. The summed E-state index contributed by atoms with van der Waals surface area (Å²) in [6, 6.07) is 13.2. The van der Waals surface area contributed by atoms with Crippen molar-refractivity contribution in [3.05, 3.63) is 53.8 Å². The van der Waals surface area contributed by atoms with Crippen LogP contribution in [0.5, 0.6) is 17.2 Å². The Morgan fingerprint density at radius 1 is 1.07 bits per heavy atom. The largest absolute Gasteiger partial charge is 0.490 e. The molecule has 0 unspecified atom stereocenters. The number of carbonyl (C=O) groups is 1. The molecule has 0 atom stereocenters. The van der Waals surface area contributed by atoms with Crippen molar-refractivity contribution in [3.8, 4) is 23.3 Å². The Kier molecular flexibility index (Phi) is 8.60. The zero-order valence-corrected chi connectivity index (χ0v) is 15.7. The molecule has 0 fully saturated rings. The van der Waals surface area contributed by atoms with Crippen molar-refractivity contribution < 1.29 is 23.4 Å². The maximum absolute atomic E-state index is 12.9. The Morgan fingerprint density at radius 3 is 2.54 bits per heavy atom. The minimum Gasteiger partial charge on any atom is -0.490 e. The van der Waals surface area contributed by atoms with Crippen LogP contribution in [0.2, 0.25) is 0 Å². The molecule has 0 aliphatic heterocycles. The molecular weight excluding hydrogens is 363 g/mol. The van der Waals surface area contributed by atoms with Gasteiger partial charge in [0.1, 0.15) is 31.2 Å². The first-order valence-electron chi connectivity index (χ1n) is 9.03. The van der Waals surface area contributed by atoms with E-state index in [1.807, 2.05) is 31.2 Å². The fourth-order valence-corrected chi connectivity index (χ4v) is 2.42. The first-order chi connectivity index (χ1) is 13.6. The van der Waals surface area contributed by atoms with E-state index >= 15 is 0 Å². The Hall–Kier alpha value is -3.27. The smallest absolute Gasteiger partial charge is 0.234 e. The zero-order chi connectivity index (χ0) is 20.2. The standard InChI is InChI=1S/C21H23FN2O4/c1-2-26-20-15-16(10-12-24-21(25)9-11-23)3-8-19(20)28-14-13-27-18-6-4-17(22)5-7-18/h3-8,15H,2,9-10,12-14H2,1H3,(H,24,25). The number of ether oxygens (including phenoxy) is 3. The molecule has 6 nitrogen and oxygen atoms in total. The van der Waals surface area contributed by atoms with Crippen LogP contribution in [0, 0.1) is 17.1 Å². The summed E-state index contributed by atoms with van der Waals surface area (Å²) in [5.74, 6) is 1.19. The number of carbonyl (C=O) groups excluding carboxylic acids is 1. The predicted molar refractivity (Wildman–Crippen MR) is 102 cm³/mol. The number of hydrogen-bond donors (Lipinski definition) is 1.